The van der Waals surface area contributed by atoms with E-state index in [-0.39, 0.29) is 0 Å². The van der Waals surface area contributed by atoms with Gasteiger partial charge in [0.2, 0.25) is 0 Å². The van der Waals surface area contributed by atoms with Gasteiger partial charge in [-0.2, -0.15) is 11.8 Å². The van der Waals surface area contributed by atoms with E-state index in [9.17, 15) is 0 Å². The highest BCUT2D eigenvalue weighted by Gasteiger charge is 2.24. The summed E-state index contributed by atoms with van der Waals surface area (Å²) in [5, 5.41) is 4.45. The van der Waals surface area contributed by atoms with Gasteiger partial charge in [0.1, 0.15) is 0 Å². The highest BCUT2D eigenvalue weighted by Crippen LogP contribution is 2.26. The van der Waals surface area contributed by atoms with Gasteiger partial charge in [0, 0.05) is 24.4 Å². The number of hydrogen-bond acceptors (Lipinski definition) is 3. The second kappa shape index (κ2) is 5.38. The number of ether oxygens (including phenoxy) is 1. The van der Waals surface area contributed by atoms with Crippen molar-refractivity contribution in [1.82, 2.24) is 5.32 Å². The molecule has 1 N–H and O–H groups in total. The van der Waals surface area contributed by atoms with E-state index in [2.05, 4.69) is 24.0 Å². The Morgan fingerprint density at radius 3 is 2.93 bits per heavy atom. The molecular weight excluding hydrogens is 194 g/mol. The lowest BCUT2D eigenvalue weighted by molar-refractivity contribution is 0.0154. The highest BCUT2D eigenvalue weighted by molar-refractivity contribution is 8.00. The van der Waals surface area contributed by atoms with Crippen LogP contribution in [0.2, 0.25) is 0 Å². The summed E-state index contributed by atoms with van der Waals surface area (Å²) in [6.45, 7) is 4.37. The molecule has 0 aromatic carbocycles. The Hall–Kier alpha value is 0.270. The van der Waals surface area contributed by atoms with Gasteiger partial charge in [0.05, 0.1) is 6.10 Å². The fourth-order valence-corrected chi connectivity index (χ4v) is 3.48. The van der Waals surface area contributed by atoms with Crippen LogP contribution in [0.5, 0.6) is 0 Å². The molecule has 2 aliphatic rings. The Balaban J connectivity index is 1.65. The Bertz CT molecular complexity index is 171. The van der Waals surface area contributed by atoms with Crippen LogP contribution < -0.4 is 5.32 Å². The van der Waals surface area contributed by atoms with E-state index >= 15 is 0 Å². The quantitative estimate of drug-likeness (QED) is 0.778. The standard InChI is InChI=1S/C11H21NOS/c1-9-11(5-7-14-9)12-8-10-4-2-3-6-13-10/h9-12H,2-8H2,1H3. The second-order valence-corrected chi connectivity index (χ2v) is 5.85. The van der Waals surface area contributed by atoms with Gasteiger partial charge >= 0.3 is 0 Å². The summed E-state index contributed by atoms with van der Waals surface area (Å²) in [5.41, 5.74) is 0. The molecule has 14 heavy (non-hydrogen) atoms. The van der Waals surface area contributed by atoms with Crippen LogP contribution >= 0.6 is 11.8 Å². The largest absolute Gasteiger partial charge is 0.377 e. The Kier molecular flexibility index (Phi) is 4.14. The maximum Gasteiger partial charge on any atom is 0.0699 e. The summed E-state index contributed by atoms with van der Waals surface area (Å²) >= 11 is 2.09. The first-order chi connectivity index (χ1) is 6.86. The van der Waals surface area contributed by atoms with Crippen molar-refractivity contribution >= 4 is 11.8 Å². The van der Waals surface area contributed by atoms with Crippen molar-refractivity contribution in [3.8, 4) is 0 Å². The zero-order valence-electron chi connectivity index (χ0n) is 9.00. The van der Waals surface area contributed by atoms with Gasteiger partial charge < -0.3 is 10.1 Å². The van der Waals surface area contributed by atoms with E-state index in [1.807, 2.05) is 0 Å². The lowest BCUT2D eigenvalue weighted by atomic mass is 10.1. The molecule has 3 heteroatoms. The van der Waals surface area contributed by atoms with Crippen LogP contribution in [-0.4, -0.2) is 36.3 Å². The monoisotopic (exact) mass is 215 g/mol. The van der Waals surface area contributed by atoms with E-state index in [4.69, 9.17) is 4.74 Å². The first kappa shape index (κ1) is 10.8. The highest BCUT2D eigenvalue weighted by atomic mass is 32.2. The van der Waals surface area contributed by atoms with E-state index in [0.717, 1.165) is 24.4 Å². The molecule has 0 aliphatic carbocycles. The molecule has 0 bridgehead atoms. The number of thioether (sulfide) groups is 1. The predicted molar refractivity (Wildman–Crippen MR) is 61.9 cm³/mol. The minimum absolute atomic E-state index is 0.488. The van der Waals surface area contributed by atoms with Gasteiger partial charge in [-0.25, -0.2) is 0 Å². The van der Waals surface area contributed by atoms with E-state index in [0.29, 0.717) is 6.10 Å². The third kappa shape index (κ3) is 2.88. The zero-order valence-corrected chi connectivity index (χ0v) is 9.81. The third-order valence-electron chi connectivity index (χ3n) is 3.26. The lowest BCUT2D eigenvalue weighted by Crippen LogP contribution is -2.40. The average Bonchev–Trinajstić information content (AvgIpc) is 2.63. The molecule has 2 fully saturated rings. The van der Waals surface area contributed by atoms with Crippen LogP contribution in [0.15, 0.2) is 0 Å². The minimum Gasteiger partial charge on any atom is -0.377 e. The van der Waals surface area contributed by atoms with Gasteiger partial charge in [-0.05, 0) is 31.4 Å². The summed E-state index contributed by atoms with van der Waals surface area (Å²) in [6.07, 6.45) is 5.68. The summed E-state index contributed by atoms with van der Waals surface area (Å²) < 4.78 is 5.70. The molecule has 0 radical (unpaired) electrons. The Morgan fingerprint density at radius 2 is 2.29 bits per heavy atom. The van der Waals surface area contributed by atoms with Gasteiger partial charge in [-0.3, -0.25) is 0 Å². The Labute approximate surface area is 91.2 Å². The van der Waals surface area contributed by atoms with Crippen molar-refractivity contribution < 1.29 is 4.74 Å². The van der Waals surface area contributed by atoms with Crippen molar-refractivity contribution in [2.75, 3.05) is 18.9 Å². The maximum atomic E-state index is 5.70. The summed E-state index contributed by atoms with van der Waals surface area (Å²) in [6, 6.07) is 0.727. The summed E-state index contributed by atoms with van der Waals surface area (Å²) in [7, 11) is 0. The zero-order chi connectivity index (χ0) is 9.80. The van der Waals surface area contributed by atoms with Gasteiger partial charge in [0.15, 0.2) is 0 Å². The SMILES string of the molecule is CC1SCCC1NCC1CCCCO1. The van der Waals surface area contributed by atoms with Crippen LogP contribution in [0.1, 0.15) is 32.6 Å². The molecule has 0 spiro atoms. The first-order valence-corrected chi connectivity index (χ1v) is 6.88. The smallest absolute Gasteiger partial charge is 0.0699 e. The molecule has 2 heterocycles. The van der Waals surface area contributed by atoms with Crippen molar-refractivity contribution in [2.24, 2.45) is 0 Å². The molecule has 0 saturated carbocycles. The minimum atomic E-state index is 0.488. The lowest BCUT2D eigenvalue weighted by Gasteiger charge is -2.25. The molecule has 2 aliphatic heterocycles. The normalized spacial score (nSPS) is 38.8. The molecule has 2 saturated heterocycles. The van der Waals surface area contributed by atoms with Crippen LogP contribution in [0.4, 0.5) is 0 Å². The fraction of sp³-hybridized carbons (Fsp3) is 1.00. The van der Waals surface area contributed by atoms with E-state index in [1.165, 1.54) is 31.4 Å². The number of hydrogen-bond donors (Lipinski definition) is 1. The van der Waals surface area contributed by atoms with E-state index < -0.39 is 0 Å². The van der Waals surface area contributed by atoms with Crippen molar-refractivity contribution in [2.45, 2.75) is 50.0 Å². The molecule has 0 amide bonds. The van der Waals surface area contributed by atoms with Crippen LogP contribution in [0.3, 0.4) is 0 Å². The summed E-state index contributed by atoms with van der Waals surface area (Å²) in [4.78, 5) is 0. The van der Waals surface area contributed by atoms with Crippen molar-refractivity contribution in [1.29, 1.82) is 0 Å². The second-order valence-electron chi connectivity index (χ2n) is 4.37. The molecule has 3 unspecified atom stereocenters. The molecule has 82 valence electrons. The fourth-order valence-electron chi connectivity index (χ4n) is 2.25. The van der Waals surface area contributed by atoms with Crippen LogP contribution in [-0.2, 0) is 4.74 Å². The van der Waals surface area contributed by atoms with Crippen LogP contribution in [0, 0.1) is 0 Å². The van der Waals surface area contributed by atoms with Crippen molar-refractivity contribution in [3.63, 3.8) is 0 Å². The van der Waals surface area contributed by atoms with Gasteiger partial charge in [-0.15, -0.1) is 0 Å². The molecule has 2 rings (SSSR count). The van der Waals surface area contributed by atoms with Crippen LogP contribution in [0.25, 0.3) is 0 Å². The summed E-state index contributed by atoms with van der Waals surface area (Å²) in [5.74, 6) is 1.32. The Morgan fingerprint density at radius 1 is 1.36 bits per heavy atom. The van der Waals surface area contributed by atoms with E-state index in [1.54, 1.807) is 0 Å². The molecule has 2 nitrogen and oxygen atoms in total. The molecule has 0 aromatic heterocycles. The van der Waals surface area contributed by atoms with Gasteiger partial charge in [-0.1, -0.05) is 6.92 Å². The predicted octanol–water partition coefficient (Wildman–Crippen LogP) is 2.04. The number of nitrogens with one attached hydrogen (secondary N) is 1. The third-order valence-corrected chi connectivity index (χ3v) is 4.58. The van der Waals surface area contributed by atoms with Crippen molar-refractivity contribution in [3.05, 3.63) is 0 Å². The molecule has 3 atom stereocenters. The first-order valence-electron chi connectivity index (χ1n) is 5.83. The van der Waals surface area contributed by atoms with Gasteiger partial charge in [0.25, 0.3) is 0 Å². The molecular formula is C11H21NOS. The molecule has 0 aromatic rings. The topological polar surface area (TPSA) is 21.3 Å². The number of rotatable bonds is 3. The maximum absolute atomic E-state index is 5.70. The average molecular weight is 215 g/mol.